The van der Waals surface area contributed by atoms with Gasteiger partial charge in [0, 0.05) is 31.0 Å². The fourth-order valence-corrected chi connectivity index (χ4v) is 3.87. The number of carbonyl (C=O) groups is 2. The molecule has 0 bridgehead atoms. The Morgan fingerprint density at radius 3 is 2.32 bits per heavy atom. The van der Waals surface area contributed by atoms with E-state index in [9.17, 15) is 9.59 Å². The lowest BCUT2D eigenvalue weighted by molar-refractivity contribution is -0.119. The summed E-state index contributed by atoms with van der Waals surface area (Å²) in [6.07, 6.45) is 0.689. The van der Waals surface area contributed by atoms with Crippen molar-refractivity contribution in [2.24, 2.45) is 5.92 Å². The van der Waals surface area contributed by atoms with Gasteiger partial charge in [0.15, 0.2) is 0 Å². The van der Waals surface area contributed by atoms with E-state index in [4.69, 9.17) is 5.26 Å². The van der Waals surface area contributed by atoms with Crippen LogP contribution in [0.1, 0.15) is 25.8 Å². The second-order valence-electron chi connectivity index (χ2n) is 7.99. The molecule has 3 rings (SSSR count). The zero-order valence-corrected chi connectivity index (χ0v) is 20.3. The molecule has 3 amide bonds. The van der Waals surface area contributed by atoms with Gasteiger partial charge in [-0.05, 0) is 54.4 Å². The number of nitriles is 1. The number of hydrogen-bond donors (Lipinski definition) is 3. The Labute approximate surface area is 202 Å². The summed E-state index contributed by atoms with van der Waals surface area (Å²) in [7, 11) is 3.94. The van der Waals surface area contributed by atoms with E-state index >= 15 is 0 Å². The summed E-state index contributed by atoms with van der Waals surface area (Å²) in [6.45, 7) is 3.84. The van der Waals surface area contributed by atoms with Crippen molar-refractivity contribution in [2.75, 3.05) is 29.6 Å². The molecule has 1 aromatic heterocycles. The highest BCUT2D eigenvalue weighted by molar-refractivity contribution is 7.18. The molecule has 2 aromatic carbocycles. The molecule has 0 aliphatic rings. The van der Waals surface area contributed by atoms with Crippen molar-refractivity contribution in [3.63, 3.8) is 0 Å². The summed E-state index contributed by atoms with van der Waals surface area (Å²) in [4.78, 5) is 27.5. The first-order valence-corrected chi connectivity index (χ1v) is 11.6. The van der Waals surface area contributed by atoms with Gasteiger partial charge in [0.05, 0.1) is 11.6 Å². The van der Waals surface area contributed by atoms with Crippen molar-refractivity contribution in [3.05, 3.63) is 54.1 Å². The Balaban J connectivity index is 1.66. The molecule has 3 N–H and O–H groups in total. The molecule has 2 unspecified atom stereocenters. The molecule has 0 radical (unpaired) electrons. The van der Waals surface area contributed by atoms with Gasteiger partial charge in [-0.1, -0.05) is 31.6 Å². The van der Waals surface area contributed by atoms with Crippen LogP contribution in [0.2, 0.25) is 0 Å². The maximum Gasteiger partial charge on any atom is 0.319 e. The Morgan fingerprint density at radius 2 is 1.74 bits per heavy atom. The first-order chi connectivity index (χ1) is 16.3. The molecule has 0 saturated carbocycles. The van der Waals surface area contributed by atoms with Gasteiger partial charge < -0.3 is 15.5 Å². The van der Waals surface area contributed by atoms with E-state index < -0.39 is 12.1 Å². The Kier molecular flexibility index (Phi) is 8.16. The fourth-order valence-electron chi connectivity index (χ4n) is 3.11. The van der Waals surface area contributed by atoms with E-state index in [1.807, 2.05) is 63.2 Å². The molecule has 176 valence electrons. The lowest BCUT2D eigenvalue weighted by Gasteiger charge is -2.23. The normalized spacial score (nSPS) is 12.2. The number of carbonyl (C=O) groups excluding carboxylic acids is 2. The number of amides is 3. The zero-order chi connectivity index (χ0) is 24.7. The van der Waals surface area contributed by atoms with Crippen LogP contribution in [0, 0.1) is 17.2 Å². The topological polar surface area (TPSA) is 123 Å². The van der Waals surface area contributed by atoms with Crippen molar-refractivity contribution in [3.8, 4) is 16.6 Å². The Morgan fingerprint density at radius 1 is 1.06 bits per heavy atom. The van der Waals surface area contributed by atoms with Gasteiger partial charge in [-0.3, -0.25) is 10.1 Å². The largest absolute Gasteiger partial charge is 0.378 e. The minimum absolute atomic E-state index is 0.113. The van der Waals surface area contributed by atoms with Gasteiger partial charge in [0.2, 0.25) is 11.0 Å². The predicted octanol–water partition coefficient (Wildman–Crippen LogP) is 4.32. The molecule has 0 saturated heterocycles. The van der Waals surface area contributed by atoms with Crippen LogP contribution >= 0.6 is 11.3 Å². The summed E-state index contributed by atoms with van der Waals surface area (Å²) >= 11 is 1.27. The molecule has 34 heavy (non-hydrogen) atoms. The third-order valence-electron chi connectivity index (χ3n) is 5.34. The van der Waals surface area contributed by atoms with E-state index in [1.165, 1.54) is 11.3 Å². The van der Waals surface area contributed by atoms with Crippen LogP contribution in [0.15, 0.2) is 48.5 Å². The third kappa shape index (κ3) is 6.30. The van der Waals surface area contributed by atoms with E-state index in [0.717, 1.165) is 11.3 Å². The quantitative estimate of drug-likeness (QED) is 0.444. The highest BCUT2D eigenvalue weighted by atomic mass is 32.1. The van der Waals surface area contributed by atoms with E-state index in [2.05, 4.69) is 26.1 Å². The van der Waals surface area contributed by atoms with Crippen molar-refractivity contribution in [2.45, 2.75) is 26.3 Å². The summed E-state index contributed by atoms with van der Waals surface area (Å²) in [5.41, 5.74) is 2.99. The average Bonchev–Trinajstić information content (AvgIpc) is 3.31. The second kappa shape index (κ2) is 11.2. The van der Waals surface area contributed by atoms with Crippen molar-refractivity contribution >= 4 is 39.8 Å². The summed E-state index contributed by atoms with van der Waals surface area (Å²) in [5, 5.41) is 26.4. The first kappa shape index (κ1) is 24.7. The SMILES string of the molecule is CCC(C)C(NC(=O)Nc1ccc(C#N)cc1)C(=O)Nc1nnc(-c2ccc(N(C)C)cc2)s1. The van der Waals surface area contributed by atoms with Crippen LogP contribution < -0.4 is 20.9 Å². The molecule has 3 aromatic rings. The monoisotopic (exact) mass is 477 g/mol. The first-order valence-electron chi connectivity index (χ1n) is 10.8. The van der Waals surface area contributed by atoms with Crippen LogP contribution in [0.5, 0.6) is 0 Å². The molecule has 0 aliphatic heterocycles. The summed E-state index contributed by atoms with van der Waals surface area (Å²) < 4.78 is 0. The number of nitrogens with zero attached hydrogens (tertiary/aromatic N) is 4. The number of aromatic nitrogens is 2. The van der Waals surface area contributed by atoms with Crippen molar-refractivity contribution in [1.82, 2.24) is 15.5 Å². The van der Waals surface area contributed by atoms with Crippen molar-refractivity contribution in [1.29, 1.82) is 5.26 Å². The standard InChI is InChI=1S/C24H27N7O2S/c1-5-15(2)20(27-23(33)26-18-10-6-16(14-25)7-11-18)21(32)28-24-30-29-22(34-24)17-8-12-19(13-9-17)31(3)4/h6-13,15,20H,5H2,1-4H3,(H2,26,27,33)(H,28,30,32). The van der Waals surface area contributed by atoms with Crippen molar-refractivity contribution < 1.29 is 9.59 Å². The maximum absolute atomic E-state index is 13.0. The number of hydrogen-bond acceptors (Lipinski definition) is 7. The van der Waals surface area contributed by atoms with E-state index in [0.29, 0.717) is 27.8 Å². The minimum Gasteiger partial charge on any atom is -0.378 e. The summed E-state index contributed by atoms with van der Waals surface area (Å²) in [6, 6.07) is 15.1. The van der Waals surface area contributed by atoms with Gasteiger partial charge in [-0.15, -0.1) is 10.2 Å². The van der Waals surface area contributed by atoms with Gasteiger partial charge in [-0.25, -0.2) is 4.79 Å². The molecule has 9 nitrogen and oxygen atoms in total. The number of benzene rings is 2. The fraction of sp³-hybridized carbons (Fsp3) is 0.292. The molecule has 1 heterocycles. The van der Waals surface area contributed by atoms with Crippen LogP contribution in [0.25, 0.3) is 10.6 Å². The number of anilines is 3. The number of urea groups is 1. The highest BCUT2D eigenvalue weighted by Gasteiger charge is 2.27. The lowest BCUT2D eigenvalue weighted by atomic mass is 9.98. The third-order valence-corrected chi connectivity index (χ3v) is 6.23. The van der Waals surface area contributed by atoms with Crippen LogP contribution in [0.3, 0.4) is 0 Å². The number of nitrogens with one attached hydrogen (secondary N) is 3. The van der Waals surface area contributed by atoms with E-state index in [-0.39, 0.29) is 11.8 Å². The smallest absolute Gasteiger partial charge is 0.319 e. The molecule has 0 fully saturated rings. The van der Waals surface area contributed by atoms with Gasteiger partial charge >= 0.3 is 6.03 Å². The molecule has 10 heteroatoms. The van der Waals surface area contributed by atoms with Gasteiger partial charge in [0.25, 0.3) is 0 Å². The van der Waals surface area contributed by atoms with E-state index in [1.54, 1.807) is 24.3 Å². The van der Waals surface area contributed by atoms with Crippen LogP contribution in [-0.2, 0) is 4.79 Å². The second-order valence-corrected chi connectivity index (χ2v) is 8.97. The average molecular weight is 478 g/mol. The van der Waals surface area contributed by atoms with Gasteiger partial charge in [-0.2, -0.15) is 5.26 Å². The molecule has 0 spiro atoms. The number of rotatable bonds is 8. The minimum atomic E-state index is -0.768. The Bertz CT molecular complexity index is 1170. The van der Waals surface area contributed by atoms with Crippen LogP contribution in [0.4, 0.5) is 21.3 Å². The zero-order valence-electron chi connectivity index (χ0n) is 19.5. The highest BCUT2D eigenvalue weighted by Crippen LogP contribution is 2.28. The molecular weight excluding hydrogens is 450 g/mol. The lowest BCUT2D eigenvalue weighted by Crippen LogP contribution is -2.49. The maximum atomic E-state index is 13.0. The predicted molar refractivity (Wildman–Crippen MR) is 135 cm³/mol. The molecule has 2 atom stereocenters. The Hall–Kier alpha value is -3.97. The molecular formula is C24H27N7O2S. The summed E-state index contributed by atoms with van der Waals surface area (Å²) in [5.74, 6) is -0.479. The van der Waals surface area contributed by atoms with Crippen LogP contribution in [-0.4, -0.2) is 42.3 Å². The van der Waals surface area contributed by atoms with Gasteiger partial charge in [0.1, 0.15) is 11.0 Å². The molecule has 0 aliphatic carbocycles.